The summed E-state index contributed by atoms with van der Waals surface area (Å²) in [6.07, 6.45) is 0.0702. The fraction of sp³-hybridized carbons (Fsp3) is 0.125. The molecule has 0 bridgehead atoms. The van der Waals surface area contributed by atoms with Crippen LogP contribution in [0.3, 0.4) is 0 Å². The van der Waals surface area contributed by atoms with Crippen LogP contribution < -0.4 is 5.73 Å². The van der Waals surface area contributed by atoms with Crippen molar-refractivity contribution in [2.24, 2.45) is 0 Å². The number of hydrogen-bond acceptors (Lipinski definition) is 2. The molecule has 0 saturated carbocycles. The van der Waals surface area contributed by atoms with Gasteiger partial charge in [-0.1, -0.05) is 11.6 Å². The monoisotopic (exact) mass is 184 g/mol. The maximum absolute atomic E-state index is 12.8. The molecule has 0 heterocycles. The van der Waals surface area contributed by atoms with Crippen LogP contribution in [0.1, 0.15) is 5.56 Å². The SMILES string of the molecule is N#CCc1cc(N)cc(F)c1Cl. The van der Waals surface area contributed by atoms with E-state index in [1.807, 2.05) is 6.07 Å². The highest BCUT2D eigenvalue weighted by Crippen LogP contribution is 2.23. The summed E-state index contributed by atoms with van der Waals surface area (Å²) in [7, 11) is 0. The third kappa shape index (κ3) is 1.66. The van der Waals surface area contributed by atoms with Gasteiger partial charge in [0.1, 0.15) is 5.82 Å². The van der Waals surface area contributed by atoms with Gasteiger partial charge in [0.2, 0.25) is 0 Å². The summed E-state index contributed by atoms with van der Waals surface area (Å²) < 4.78 is 12.8. The van der Waals surface area contributed by atoms with Crippen molar-refractivity contribution in [3.63, 3.8) is 0 Å². The molecule has 0 fully saturated rings. The number of anilines is 1. The lowest BCUT2D eigenvalue weighted by Crippen LogP contribution is -1.92. The summed E-state index contributed by atoms with van der Waals surface area (Å²) in [6.45, 7) is 0. The van der Waals surface area contributed by atoms with E-state index < -0.39 is 5.82 Å². The van der Waals surface area contributed by atoms with Gasteiger partial charge in [0.25, 0.3) is 0 Å². The van der Waals surface area contributed by atoms with Crippen LogP contribution in [0.25, 0.3) is 0 Å². The molecule has 2 nitrogen and oxygen atoms in total. The number of nitrogen functional groups attached to an aromatic ring is 1. The van der Waals surface area contributed by atoms with Crippen LogP contribution in [0.5, 0.6) is 0 Å². The minimum Gasteiger partial charge on any atom is -0.399 e. The standard InChI is InChI=1S/C8H6ClFN2/c9-8-5(1-2-11)3-6(12)4-7(8)10/h3-4H,1,12H2. The molecule has 12 heavy (non-hydrogen) atoms. The topological polar surface area (TPSA) is 49.8 Å². The van der Waals surface area contributed by atoms with Crippen molar-refractivity contribution in [1.29, 1.82) is 5.26 Å². The Morgan fingerprint density at radius 3 is 2.83 bits per heavy atom. The molecule has 0 unspecified atom stereocenters. The van der Waals surface area contributed by atoms with Crippen molar-refractivity contribution in [3.8, 4) is 6.07 Å². The fourth-order valence-corrected chi connectivity index (χ4v) is 1.06. The number of hydrogen-bond donors (Lipinski definition) is 1. The Labute approximate surface area is 74.4 Å². The molecule has 0 amide bonds. The van der Waals surface area contributed by atoms with Crippen LogP contribution in [0.15, 0.2) is 12.1 Å². The molecular formula is C8H6ClFN2. The van der Waals surface area contributed by atoms with E-state index in [0.29, 0.717) is 5.56 Å². The number of nitriles is 1. The molecule has 0 aliphatic heterocycles. The Bertz CT molecular complexity index is 344. The van der Waals surface area contributed by atoms with Gasteiger partial charge in [-0.05, 0) is 17.7 Å². The van der Waals surface area contributed by atoms with Crippen LogP contribution in [0.4, 0.5) is 10.1 Å². The van der Waals surface area contributed by atoms with Gasteiger partial charge < -0.3 is 5.73 Å². The Kier molecular flexibility index (Phi) is 2.51. The smallest absolute Gasteiger partial charge is 0.144 e. The minimum atomic E-state index is -0.582. The summed E-state index contributed by atoms with van der Waals surface area (Å²) >= 11 is 5.56. The minimum absolute atomic E-state index is 0.0225. The predicted octanol–water partition coefficient (Wildman–Crippen LogP) is 2.13. The molecule has 0 saturated heterocycles. The molecule has 2 N–H and O–H groups in total. The van der Waals surface area contributed by atoms with Gasteiger partial charge >= 0.3 is 0 Å². The number of nitrogens with two attached hydrogens (primary N) is 1. The van der Waals surface area contributed by atoms with Gasteiger partial charge in [-0.2, -0.15) is 5.26 Å². The van der Waals surface area contributed by atoms with Crippen LogP contribution in [-0.4, -0.2) is 0 Å². The van der Waals surface area contributed by atoms with Gasteiger partial charge in [-0.3, -0.25) is 0 Å². The van der Waals surface area contributed by atoms with Crippen molar-refractivity contribution in [2.75, 3.05) is 5.73 Å². The van der Waals surface area contributed by atoms with Crippen LogP contribution in [0.2, 0.25) is 5.02 Å². The molecule has 0 aromatic heterocycles. The first-order chi connectivity index (χ1) is 5.65. The van der Waals surface area contributed by atoms with Gasteiger partial charge in [0.05, 0.1) is 17.5 Å². The van der Waals surface area contributed by atoms with Crippen molar-refractivity contribution in [3.05, 3.63) is 28.5 Å². The van der Waals surface area contributed by atoms with E-state index in [9.17, 15) is 4.39 Å². The molecular weight excluding hydrogens is 179 g/mol. The average Bonchev–Trinajstić information content (AvgIpc) is 2.00. The normalized spacial score (nSPS) is 9.42. The molecule has 0 atom stereocenters. The highest BCUT2D eigenvalue weighted by atomic mass is 35.5. The maximum Gasteiger partial charge on any atom is 0.144 e. The molecule has 1 aromatic carbocycles. The average molecular weight is 185 g/mol. The second kappa shape index (κ2) is 3.42. The zero-order chi connectivity index (χ0) is 9.14. The molecule has 0 aliphatic carbocycles. The molecule has 0 radical (unpaired) electrons. The Morgan fingerprint density at radius 1 is 1.58 bits per heavy atom. The molecule has 62 valence electrons. The van der Waals surface area contributed by atoms with Crippen molar-refractivity contribution in [2.45, 2.75) is 6.42 Å². The Morgan fingerprint density at radius 2 is 2.25 bits per heavy atom. The number of nitrogens with zero attached hydrogens (tertiary/aromatic N) is 1. The van der Waals surface area contributed by atoms with Gasteiger partial charge in [-0.15, -0.1) is 0 Å². The number of halogens is 2. The maximum atomic E-state index is 12.8. The summed E-state index contributed by atoms with van der Waals surface area (Å²) in [5, 5.41) is 8.33. The lowest BCUT2D eigenvalue weighted by Gasteiger charge is -2.01. The molecule has 1 aromatic rings. The van der Waals surface area contributed by atoms with Gasteiger partial charge in [0, 0.05) is 5.69 Å². The zero-order valence-corrected chi connectivity index (χ0v) is 6.90. The highest BCUT2D eigenvalue weighted by molar-refractivity contribution is 6.31. The van der Waals surface area contributed by atoms with Crippen molar-refractivity contribution >= 4 is 17.3 Å². The Balaban J connectivity index is 3.20. The predicted molar refractivity (Wildman–Crippen MR) is 45.1 cm³/mol. The number of benzene rings is 1. The first-order valence-corrected chi connectivity index (χ1v) is 3.63. The highest BCUT2D eigenvalue weighted by Gasteiger charge is 2.06. The van der Waals surface area contributed by atoms with E-state index in [-0.39, 0.29) is 17.1 Å². The first-order valence-electron chi connectivity index (χ1n) is 3.25. The second-order valence-electron chi connectivity index (χ2n) is 2.31. The van der Waals surface area contributed by atoms with Crippen molar-refractivity contribution in [1.82, 2.24) is 0 Å². The summed E-state index contributed by atoms with van der Waals surface area (Å²) in [5.41, 5.74) is 6.06. The lowest BCUT2D eigenvalue weighted by atomic mass is 10.1. The molecule has 0 spiro atoms. The molecule has 0 aliphatic rings. The molecule has 4 heteroatoms. The first kappa shape index (κ1) is 8.82. The fourth-order valence-electron chi connectivity index (χ4n) is 0.883. The van der Waals surface area contributed by atoms with E-state index in [0.717, 1.165) is 6.07 Å². The number of rotatable bonds is 1. The largest absolute Gasteiger partial charge is 0.399 e. The van der Waals surface area contributed by atoms with Crippen LogP contribution in [0, 0.1) is 17.1 Å². The Hall–Kier alpha value is -1.27. The lowest BCUT2D eigenvalue weighted by molar-refractivity contribution is 0.627. The summed E-state index contributed by atoms with van der Waals surface area (Å²) in [5.74, 6) is -0.582. The van der Waals surface area contributed by atoms with Gasteiger partial charge in [0.15, 0.2) is 0 Å². The second-order valence-corrected chi connectivity index (χ2v) is 2.69. The van der Waals surface area contributed by atoms with E-state index in [1.54, 1.807) is 0 Å². The van der Waals surface area contributed by atoms with E-state index >= 15 is 0 Å². The third-order valence-corrected chi connectivity index (χ3v) is 1.82. The van der Waals surface area contributed by atoms with Crippen LogP contribution in [-0.2, 0) is 6.42 Å². The van der Waals surface area contributed by atoms with Crippen molar-refractivity contribution < 1.29 is 4.39 Å². The van der Waals surface area contributed by atoms with E-state index in [2.05, 4.69) is 0 Å². The third-order valence-electron chi connectivity index (χ3n) is 1.40. The summed E-state index contributed by atoms with van der Waals surface area (Å²) in [6, 6.07) is 4.50. The van der Waals surface area contributed by atoms with Crippen LogP contribution >= 0.6 is 11.6 Å². The van der Waals surface area contributed by atoms with Gasteiger partial charge in [-0.25, -0.2) is 4.39 Å². The zero-order valence-electron chi connectivity index (χ0n) is 6.14. The molecule has 1 rings (SSSR count). The van der Waals surface area contributed by atoms with E-state index in [4.69, 9.17) is 22.6 Å². The van der Waals surface area contributed by atoms with E-state index in [1.165, 1.54) is 6.07 Å². The summed E-state index contributed by atoms with van der Waals surface area (Å²) in [4.78, 5) is 0. The quantitative estimate of drug-likeness (QED) is 0.680.